The number of nitrogens with zero attached hydrogens (tertiary/aromatic N) is 2. The molecule has 0 radical (unpaired) electrons. The molecule has 0 fully saturated rings. The van der Waals surface area contributed by atoms with Crippen LogP contribution in [0.3, 0.4) is 0 Å². The first-order chi connectivity index (χ1) is 14.1. The van der Waals surface area contributed by atoms with Gasteiger partial charge >= 0.3 is 0 Å². The van der Waals surface area contributed by atoms with Gasteiger partial charge in [0, 0.05) is 13.6 Å². The quantitative estimate of drug-likeness (QED) is 0.574. The zero-order valence-corrected chi connectivity index (χ0v) is 16.3. The molecule has 3 amide bonds. The maximum absolute atomic E-state index is 12.3. The first-order valence-electron chi connectivity index (χ1n) is 9.74. The van der Waals surface area contributed by atoms with Crippen LogP contribution in [0.4, 0.5) is 5.69 Å². The largest absolute Gasteiger partial charge is 0.482 e. The average Bonchev–Trinajstić information content (AvgIpc) is 2.98. The van der Waals surface area contributed by atoms with Crippen molar-refractivity contribution in [3.63, 3.8) is 0 Å². The molecule has 0 unspecified atom stereocenters. The van der Waals surface area contributed by atoms with E-state index >= 15 is 0 Å². The van der Waals surface area contributed by atoms with Gasteiger partial charge in [-0.1, -0.05) is 18.2 Å². The van der Waals surface area contributed by atoms with E-state index in [1.54, 1.807) is 36.2 Å². The number of likely N-dealkylation sites (N-methyl/N-ethyl adjacent to an activating group) is 1. The monoisotopic (exact) mass is 393 g/mol. The van der Waals surface area contributed by atoms with Crippen molar-refractivity contribution in [1.29, 1.82) is 0 Å². The fourth-order valence-electron chi connectivity index (χ4n) is 3.64. The van der Waals surface area contributed by atoms with Gasteiger partial charge in [-0.25, -0.2) is 0 Å². The second-order valence-corrected chi connectivity index (χ2v) is 7.20. The third-order valence-corrected chi connectivity index (χ3v) is 5.31. The summed E-state index contributed by atoms with van der Waals surface area (Å²) in [7, 11) is 1.75. The lowest BCUT2D eigenvalue weighted by atomic mass is 10.1. The highest BCUT2D eigenvalue weighted by atomic mass is 16.5. The van der Waals surface area contributed by atoms with Gasteiger partial charge in [0.2, 0.25) is 0 Å². The number of anilines is 1. The molecule has 0 bridgehead atoms. The van der Waals surface area contributed by atoms with Gasteiger partial charge in [-0.15, -0.1) is 0 Å². The van der Waals surface area contributed by atoms with Crippen molar-refractivity contribution in [3.05, 3.63) is 59.2 Å². The lowest BCUT2D eigenvalue weighted by Crippen LogP contribution is -2.35. The number of fused-ring (bicyclic) bond motifs is 2. The summed E-state index contributed by atoms with van der Waals surface area (Å²) >= 11 is 0. The Morgan fingerprint density at radius 3 is 2.45 bits per heavy atom. The fraction of sp³-hybridized carbons (Fsp3) is 0.318. The van der Waals surface area contributed by atoms with Gasteiger partial charge in [-0.05, 0) is 55.8 Å². The Kier molecular flexibility index (Phi) is 5.31. The van der Waals surface area contributed by atoms with Crippen LogP contribution in [0.2, 0.25) is 0 Å². The van der Waals surface area contributed by atoms with E-state index in [1.165, 1.54) is 4.90 Å². The average molecular weight is 393 g/mol. The number of amides is 3. The first-order valence-corrected chi connectivity index (χ1v) is 9.74. The molecule has 2 aliphatic heterocycles. The number of imide groups is 1. The molecule has 2 aliphatic rings. The Bertz CT molecular complexity index is 937. The minimum absolute atomic E-state index is 0.0509. The fourth-order valence-corrected chi connectivity index (χ4v) is 3.64. The zero-order chi connectivity index (χ0) is 20.4. The molecule has 7 nitrogen and oxygen atoms in total. The van der Waals surface area contributed by atoms with Gasteiger partial charge in [0.25, 0.3) is 17.7 Å². The Morgan fingerprint density at radius 1 is 1.00 bits per heavy atom. The van der Waals surface area contributed by atoms with Crippen LogP contribution >= 0.6 is 0 Å². The van der Waals surface area contributed by atoms with E-state index in [2.05, 4.69) is 5.32 Å². The van der Waals surface area contributed by atoms with Crippen molar-refractivity contribution in [1.82, 2.24) is 10.2 Å². The molecule has 1 N–H and O–H groups in total. The van der Waals surface area contributed by atoms with Crippen molar-refractivity contribution in [3.8, 4) is 5.75 Å². The summed E-state index contributed by atoms with van der Waals surface area (Å²) in [5.41, 5.74) is 2.90. The molecule has 29 heavy (non-hydrogen) atoms. The van der Waals surface area contributed by atoms with Crippen LogP contribution in [0.5, 0.6) is 5.75 Å². The molecule has 0 saturated carbocycles. The van der Waals surface area contributed by atoms with E-state index in [4.69, 9.17) is 4.74 Å². The lowest BCUT2D eigenvalue weighted by molar-refractivity contribution is -0.121. The molecular weight excluding hydrogens is 370 g/mol. The van der Waals surface area contributed by atoms with E-state index in [0.717, 1.165) is 30.0 Å². The summed E-state index contributed by atoms with van der Waals surface area (Å²) in [6.07, 6.45) is 1.52. The molecule has 0 spiro atoms. The Labute approximate surface area is 169 Å². The third-order valence-electron chi connectivity index (χ3n) is 5.31. The highest BCUT2D eigenvalue weighted by Crippen LogP contribution is 2.32. The number of hydrogen-bond acceptors (Lipinski definition) is 5. The van der Waals surface area contributed by atoms with Crippen molar-refractivity contribution in [2.24, 2.45) is 0 Å². The minimum atomic E-state index is -0.205. The van der Waals surface area contributed by atoms with E-state index in [-0.39, 0.29) is 24.3 Å². The van der Waals surface area contributed by atoms with Crippen molar-refractivity contribution >= 4 is 23.4 Å². The molecule has 0 aliphatic carbocycles. The number of benzene rings is 2. The van der Waals surface area contributed by atoms with Crippen LogP contribution in [0.25, 0.3) is 0 Å². The lowest BCUT2D eigenvalue weighted by Gasteiger charge is -2.26. The van der Waals surface area contributed by atoms with Crippen LogP contribution in [0.15, 0.2) is 42.5 Å². The standard InChI is InChI=1S/C22H23N3O4/c1-24-18-8-7-15(13-19(18)29-14-20(24)26)9-11-23-10-4-12-25-21(27)16-5-2-3-6-17(16)22(25)28/h2-3,5-8,13,23H,4,9-12,14H2,1H3. The minimum Gasteiger partial charge on any atom is -0.482 e. The number of carbonyl (C=O) groups is 3. The predicted molar refractivity (Wildman–Crippen MR) is 108 cm³/mol. The molecule has 150 valence electrons. The molecule has 2 aromatic rings. The second-order valence-electron chi connectivity index (χ2n) is 7.20. The summed E-state index contributed by atoms with van der Waals surface area (Å²) < 4.78 is 5.51. The predicted octanol–water partition coefficient (Wildman–Crippen LogP) is 1.86. The molecule has 0 aromatic heterocycles. The zero-order valence-electron chi connectivity index (χ0n) is 16.3. The number of hydrogen-bond donors (Lipinski definition) is 1. The van der Waals surface area contributed by atoms with Crippen LogP contribution in [0.1, 0.15) is 32.7 Å². The van der Waals surface area contributed by atoms with Gasteiger partial charge in [0.05, 0.1) is 16.8 Å². The van der Waals surface area contributed by atoms with Crippen LogP contribution in [-0.4, -0.2) is 55.9 Å². The summed E-state index contributed by atoms with van der Waals surface area (Å²) in [5.74, 6) is 0.270. The topological polar surface area (TPSA) is 79.0 Å². The molecule has 2 heterocycles. The van der Waals surface area contributed by atoms with Crippen LogP contribution < -0.4 is 15.0 Å². The summed E-state index contributed by atoms with van der Waals surface area (Å²) in [6, 6.07) is 12.8. The molecule has 2 aromatic carbocycles. The van der Waals surface area contributed by atoms with Crippen LogP contribution in [0, 0.1) is 0 Å². The smallest absolute Gasteiger partial charge is 0.264 e. The number of ether oxygens (including phenoxy) is 1. The summed E-state index contributed by atoms with van der Waals surface area (Å²) in [6.45, 7) is 1.97. The van der Waals surface area contributed by atoms with Crippen molar-refractivity contribution in [2.45, 2.75) is 12.8 Å². The van der Waals surface area contributed by atoms with E-state index < -0.39 is 0 Å². The summed E-state index contributed by atoms with van der Waals surface area (Å²) in [4.78, 5) is 39.2. The molecule has 4 rings (SSSR count). The van der Waals surface area contributed by atoms with Crippen molar-refractivity contribution < 1.29 is 19.1 Å². The van der Waals surface area contributed by atoms with Gasteiger partial charge in [-0.3, -0.25) is 19.3 Å². The van der Waals surface area contributed by atoms with E-state index in [9.17, 15) is 14.4 Å². The normalized spacial score (nSPS) is 15.4. The first kappa shape index (κ1) is 19.1. The van der Waals surface area contributed by atoms with Gasteiger partial charge in [-0.2, -0.15) is 0 Å². The molecule has 7 heteroatoms. The Hall–Kier alpha value is -3.19. The highest BCUT2D eigenvalue weighted by Gasteiger charge is 2.34. The van der Waals surface area contributed by atoms with E-state index in [0.29, 0.717) is 30.6 Å². The maximum Gasteiger partial charge on any atom is 0.264 e. The number of nitrogens with one attached hydrogen (secondary N) is 1. The molecule has 0 atom stereocenters. The Balaban J connectivity index is 1.21. The number of rotatable bonds is 7. The molecular formula is C22H23N3O4. The SMILES string of the molecule is CN1C(=O)COc2cc(CCNCCCN3C(=O)c4ccccc4C3=O)ccc21. The summed E-state index contributed by atoms with van der Waals surface area (Å²) in [5, 5.41) is 3.35. The highest BCUT2D eigenvalue weighted by molar-refractivity contribution is 6.21. The van der Waals surface area contributed by atoms with Gasteiger partial charge in [0.1, 0.15) is 5.75 Å². The van der Waals surface area contributed by atoms with Crippen molar-refractivity contribution in [2.75, 3.05) is 38.2 Å². The number of carbonyl (C=O) groups excluding carboxylic acids is 3. The van der Waals surface area contributed by atoms with Crippen LogP contribution in [-0.2, 0) is 11.2 Å². The van der Waals surface area contributed by atoms with Gasteiger partial charge < -0.3 is 15.0 Å². The second kappa shape index (κ2) is 8.05. The van der Waals surface area contributed by atoms with E-state index in [1.807, 2.05) is 18.2 Å². The molecule has 0 saturated heterocycles. The maximum atomic E-state index is 12.3. The van der Waals surface area contributed by atoms with Gasteiger partial charge in [0.15, 0.2) is 6.61 Å². The Morgan fingerprint density at radius 2 is 1.72 bits per heavy atom. The third kappa shape index (κ3) is 3.73.